The first-order valence-corrected chi connectivity index (χ1v) is 9.16. The van der Waals surface area contributed by atoms with Gasteiger partial charge in [-0.15, -0.1) is 0 Å². The molecule has 0 aliphatic carbocycles. The van der Waals surface area contributed by atoms with Gasteiger partial charge in [0.05, 0.1) is 14.2 Å². The predicted molar refractivity (Wildman–Crippen MR) is 109 cm³/mol. The second kappa shape index (κ2) is 9.28. The van der Waals surface area contributed by atoms with E-state index in [1.54, 1.807) is 20.4 Å². The number of benzene rings is 2. The molecule has 0 unspecified atom stereocenters. The van der Waals surface area contributed by atoms with Gasteiger partial charge in [-0.3, -0.25) is 4.90 Å². The highest BCUT2D eigenvalue weighted by Crippen LogP contribution is 2.26. The SMILES string of the molecule is COc1ccc(CN(C)Cc2ccc(OCc3nccn3C)cc2)c(OC)c1. The molecule has 0 atom stereocenters. The summed E-state index contributed by atoms with van der Waals surface area (Å²) in [5.74, 6) is 3.37. The minimum Gasteiger partial charge on any atom is -0.497 e. The Morgan fingerprint density at radius 2 is 1.71 bits per heavy atom. The Balaban J connectivity index is 1.55. The first-order valence-electron chi connectivity index (χ1n) is 9.16. The standard InChI is InChI=1S/C22H27N3O3/c1-24(15-18-7-10-20(26-3)13-21(18)27-4)14-17-5-8-19(9-6-17)28-16-22-23-11-12-25(22)2/h5-13H,14-16H2,1-4H3. The fourth-order valence-corrected chi connectivity index (χ4v) is 3.02. The monoisotopic (exact) mass is 381 g/mol. The lowest BCUT2D eigenvalue weighted by Crippen LogP contribution is -2.17. The molecule has 0 spiro atoms. The number of aryl methyl sites for hydroxylation is 1. The van der Waals surface area contributed by atoms with Crippen molar-refractivity contribution < 1.29 is 14.2 Å². The van der Waals surface area contributed by atoms with Crippen LogP contribution in [0.1, 0.15) is 17.0 Å². The van der Waals surface area contributed by atoms with Gasteiger partial charge >= 0.3 is 0 Å². The molecule has 0 aliphatic heterocycles. The summed E-state index contributed by atoms with van der Waals surface area (Å²) in [5, 5.41) is 0. The summed E-state index contributed by atoms with van der Waals surface area (Å²) >= 11 is 0. The molecule has 0 aliphatic rings. The van der Waals surface area contributed by atoms with Crippen LogP contribution in [0.15, 0.2) is 54.9 Å². The fourth-order valence-electron chi connectivity index (χ4n) is 3.02. The van der Waals surface area contributed by atoms with Gasteiger partial charge in [0.25, 0.3) is 0 Å². The topological polar surface area (TPSA) is 48.8 Å². The van der Waals surface area contributed by atoms with Gasteiger partial charge in [0.1, 0.15) is 29.7 Å². The molecule has 0 saturated heterocycles. The van der Waals surface area contributed by atoms with Crippen molar-refractivity contribution in [2.24, 2.45) is 7.05 Å². The minimum atomic E-state index is 0.458. The Morgan fingerprint density at radius 1 is 0.964 bits per heavy atom. The highest BCUT2D eigenvalue weighted by Gasteiger charge is 2.09. The summed E-state index contributed by atoms with van der Waals surface area (Å²) in [5.41, 5.74) is 2.35. The Hall–Kier alpha value is -2.99. The zero-order valence-electron chi connectivity index (χ0n) is 16.9. The summed E-state index contributed by atoms with van der Waals surface area (Å²) in [6, 6.07) is 14.1. The van der Waals surface area contributed by atoms with Crippen LogP contribution in [0, 0.1) is 0 Å². The molecule has 6 heteroatoms. The highest BCUT2D eigenvalue weighted by molar-refractivity contribution is 5.40. The second-order valence-electron chi connectivity index (χ2n) is 6.74. The van der Waals surface area contributed by atoms with Crippen LogP contribution in [-0.2, 0) is 26.7 Å². The first kappa shape index (κ1) is 19.8. The van der Waals surface area contributed by atoms with E-state index in [0.717, 1.165) is 41.7 Å². The van der Waals surface area contributed by atoms with Crippen LogP contribution < -0.4 is 14.2 Å². The molecule has 1 aromatic heterocycles. The van der Waals surface area contributed by atoms with Crippen LogP contribution in [0.4, 0.5) is 0 Å². The third kappa shape index (κ3) is 5.04. The van der Waals surface area contributed by atoms with E-state index in [2.05, 4.69) is 29.1 Å². The molecule has 0 radical (unpaired) electrons. The molecule has 148 valence electrons. The summed E-state index contributed by atoms with van der Waals surface area (Å²) in [6.45, 7) is 2.07. The summed E-state index contributed by atoms with van der Waals surface area (Å²) in [7, 11) is 7.39. The molecule has 0 saturated carbocycles. The van der Waals surface area contributed by atoms with Crippen LogP contribution >= 0.6 is 0 Å². The number of methoxy groups -OCH3 is 2. The third-order valence-corrected chi connectivity index (χ3v) is 4.60. The van der Waals surface area contributed by atoms with E-state index in [1.165, 1.54) is 5.56 Å². The number of nitrogens with zero attached hydrogens (tertiary/aromatic N) is 3. The van der Waals surface area contributed by atoms with Gasteiger partial charge in [0.2, 0.25) is 0 Å². The molecule has 6 nitrogen and oxygen atoms in total. The van der Waals surface area contributed by atoms with E-state index in [4.69, 9.17) is 14.2 Å². The fraction of sp³-hybridized carbons (Fsp3) is 0.318. The molecule has 0 amide bonds. The lowest BCUT2D eigenvalue weighted by molar-refractivity contribution is 0.290. The van der Waals surface area contributed by atoms with Crippen molar-refractivity contribution in [2.45, 2.75) is 19.7 Å². The van der Waals surface area contributed by atoms with E-state index in [9.17, 15) is 0 Å². The molecule has 0 bridgehead atoms. The molecule has 1 heterocycles. The lowest BCUT2D eigenvalue weighted by atomic mass is 10.1. The Morgan fingerprint density at radius 3 is 2.36 bits per heavy atom. The number of ether oxygens (including phenoxy) is 3. The van der Waals surface area contributed by atoms with Crippen molar-refractivity contribution in [3.8, 4) is 17.2 Å². The Bertz CT molecular complexity index is 890. The predicted octanol–water partition coefficient (Wildman–Crippen LogP) is 3.65. The van der Waals surface area contributed by atoms with Crippen LogP contribution in [0.2, 0.25) is 0 Å². The van der Waals surface area contributed by atoms with Gasteiger partial charge < -0.3 is 18.8 Å². The quantitative estimate of drug-likeness (QED) is 0.566. The average molecular weight is 381 g/mol. The number of hydrogen-bond acceptors (Lipinski definition) is 5. The van der Waals surface area contributed by atoms with E-state index in [1.807, 2.05) is 48.1 Å². The average Bonchev–Trinajstić information content (AvgIpc) is 3.12. The van der Waals surface area contributed by atoms with Gasteiger partial charge in [-0.2, -0.15) is 0 Å². The molecule has 0 fully saturated rings. The van der Waals surface area contributed by atoms with Gasteiger partial charge in [-0.1, -0.05) is 18.2 Å². The van der Waals surface area contributed by atoms with Crippen LogP contribution in [0.25, 0.3) is 0 Å². The maximum atomic E-state index is 5.81. The van der Waals surface area contributed by atoms with Crippen molar-refractivity contribution >= 4 is 0 Å². The van der Waals surface area contributed by atoms with E-state index >= 15 is 0 Å². The number of aromatic nitrogens is 2. The number of rotatable bonds is 9. The second-order valence-corrected chi connectivity index (χ2v) is 6.74. The van der Waals surface area contributed by atoms with E-state index in [0.29, 0.717) is 6.61 Å². The van der Waals surface area contributed by atoms with Crippen molar-refractivity contribution in [3.63, 3.8) is 0 Å². The molecular formula is C22H27N3O3. The molecule has 0 N–H and O–H groups in total. The van der Waals surface area contributed by atoms with Crippen LogP contribution in [-0.4, -0.2) is 35.7 Å². The van der Waals surface area contributed by atoms with Gasteiger partial charge in [0.15, 0.2) is 0 Å². The van der Waals surface area contributed by atoms with Crippen molar-refractivity contribution in [1.82, 2.24) is 14.5 Å². The maximum Gasteiger partial charge on any atom is 0.146 e. The van der Waals surface area contributed by atoms with Crippen molar-refractivity contribution in [2.75, 3.05) is 21.3 Å². The zero-order chi connectivity index (χ0) is 19.9. The van der Waals surface area contributed by atoms with Crippen molar-refractivity contribution in [3.05, 3.63) is 71.8 Å². The van der Waals surface area contributed by atoms with Crippen molar-refractivity contribution in [1.29, 1.82) is 0 Å². The molecule has 3 rings (SSSR count). The smallest absolute Gasteiger partial charge is 0.146 e. The number of hydrogen-bond donors (Lipinski definition) is 0. The first-order chi connectivity index (χ1) is 13.6. The number of imidazole rings is 1. The molecule has 3 aromatic rings. The van der Waals surface area contributed by atoms with Gasteiger partial charge in [0, 0.05) is 44.2 Å². The van der Waals surface area contributed by atoms with Crippen LogP contribution in [0.5, 0.6) is 17.2 Å². The van der Waals surface area contributed by atoms with Crippen LogP contribution in [0.3, 0.4) is 0 Å². The minimum absolute atomic E-state index is 0.458. The van der Waals surface area contributed by atoms with E-state index in [-0.39, 0.29) is 0 Å². The lowest BCUT2D eigenvalue weighted by Gasteiger charge is -2.19. The van der Waals surface area contributed by atoms with Gasteiger partial charge in [-0.05, 0) is 30.8 Å². The molecular weight excluding hydrogens is 354 g/mol. The van der Waals surface area contributed by atoms with Gasteiger partial charge in [-0.25, -0.2) is 4.98 Å². The highest BCUT2D eigenvalue weighted by atomic mass is 16.5. The largest absolute Gasteiger partial charge is 0.497 e. The summed E-state index contributed by atoms with van der Waals surface area (Å²) in [6.07, 6.45) is 3.69. The summed E-state index contributed by atoms with van der Waals surface area (Å²) < 4.78 is 18.5. The summed E-state index contributed by atoms with van der Waals surface area (Å²) in [4.78, 5) is 6.51. The Labute approximate surface area is 166 Å². The molecule has 28 heavy (non-hydrogen) atoms. The normalized spacial score (nSPS) is 10.9. The zero-order valence-corrected chi connectivity index (χ0v) is 16.9. The third-order valence-electron chi connectivity index (χ3n) is 4.60. The van der Waals surface area contributed by atoms with E-state index < -0.39 is 0 Å². The molecule has 2 aromatic carbocycles. The maximum absolute atomic E-state index is 5.81. The Kier molecular flexibility index (Phi) is 6.55.